The Bertz CT molecular complexity index is 996. The van der Waals surface area contributed by atoms with E-state index in [9.17, 15) is 4.79 Å². The van der Waals surface area contributed by atoms with Gasteiger partial charge in [-0.25, -0.2) is 0 Å². The van der Waals surface area contributed by atoms with Gasteiger partial charge in [0.05, 0.1) is 21.3 Å². The number of aromatic nitrogens is 2. The van der Waals surface area contributed by atoms with Gasteiger partial charge in [-0.3, -0.25) is 9.69 Å². The van der Waals surface area contributed by atoms with Gasteiger partial charge in [0.25, 0.3) is 0 Å². The first-order valence-electron chi connectivity index (χ1n) is 9.98. The van der Waals surface area contributed by atoms with Crippen LogP contribution in [-0.2, 0) is 11.2 Å². The van der Waals surface area contributed by atoms with Crippen LogP contribution in [0, 0.1) is 0 Å². The Kier molecular flexibility index (Phi) is 7.46. The molecule has 0 unspecified atom stereocenters. The van der Waals surface area contributed by atoms with Gasteiger partial charge in [0.1, 0.15) is 5.01 Å². The quantitative estimate of drug-likeness (QED) is 0.483. The van der Waals surface area contributed by atoms with Gasteiger partial charge in [-0.15, -0.1) is 10.2 Å². The summed E-state index contributed by atoms with van der Waals surface area (Å²) in [5.74, 6) is 1.60. The van der Waals surface area contributed by atoms with Crippen LogP contribution in [0.25, 0.3) is 10.6 Å². The number of anilines is 1. The van der Waals surface area contributed by atoms with Crippen LogP contribution < -0.4 is 19.1 Å². The van der Waals surface area contributed by atoms with Crippen LogP contribution in [0.15, 0.2) is 42.5 Å². The summed E-state index contributed by atoms with van der Waals surface area (Å²) in [6, 6.07) is 13.6. The Morgan fingerprint density at radius 1 is 1.00 bits per heavy atom. The molecule has 0 spiro atoms. The number of carbonyl (C=O) groups is 1. The standard InChI is InChI=1S/C23H27N3O4S/c1-15(2)26(20(27)12-11-16-9-7-6-8-10-16)23-25-24-22(31-23)17-13-18(28-3)21(30-5)19(14-17)29-4/h6-10,13-15H,11-12H2,1-5H3. The van der Waals surface area contributed by atoms with Gasteiger partial charge in [0.2, 0.25) is 16.8 Å². The average Bonchev–Trinajstić information content (AvgIpc) is 3.26. The SMILES string of the molecule is COc1cc(-c2nnc(N(C(=O)CCc3ccccc3)C(C)C)s2)cc(OC)c1OC. The van der Waals surface area contributed by atoms with E-state index < -0.39 is 0 Å². The molecule has 0 N–H and O–H groups in total. The van der Waals surface area contributed by atoms with Crippen LogP contribution in [0.3, 0.4) is 0 Å². The zero-order chi connectivity index (χ0) is 22.4. The molecule has 2 aromatic carbocycles. The Labute approximate surface area is 186 Å². The van der Waals surface area contributed by atoms with E-state index >= 15 is 0 Å². The smallest absolute Gasteiger partial charge is 0.229 e. The van der Waals surface area contributed by atoms with Gasteiger partial charge in [-0.2, -0.15) is 0 Å². The Morgan fingerprint density at radius 2 is 1.65 bits per heavy atom. The van der Waals surface area contributed by atoms with Crippen molar-refractivity contribution >= 4 is 22.4 Å². The minimum Gasteiger partial charge on any atom is -0.493 e. The summed E-state index contributed by atoms with van der Waals surface area (Å²) in [6.07, 6.45) is 1.09. The molecule has 0 saturated heterocycles. The van der Waals surface area contributed by atoms with Crippen LogP contribution >= 0.6 is 11.3 Å². The third-order valence-corrected chi connectivity index (χ3v) is 5.76. The summed E-state index contributed by atoms with van der Waals surface area (Å²) in [6.45, 7) is 3.95. The number of hydrogen-bond donors (Lipinski definition) is 0. The third kappa shape index (κ3) is 5.14. The molecule has 31 heavy (non-hydrogen) atoms. The largest absolute Gasteiger partial charge is 0.493 e. The number of amides is 1. The maximum absolute atomic E-state index is 13.0. The van der Waals surface area contributed by atoms with E-state index in [0.717, 1.165) is 11.1 Å². The second kappa shape index (κ2) is 10.3. The van der Waals surface area contributed by atoms with E-state index in [2.05, 4.69) is 10.2 Å². The molecule has 7 nitrogen and oxygen atoms in total. The normalized spacial score (nSPS) is 10.8. The van der Waals surface area contributed by atoms with Gasteiger partial charge in [-0.1, -0.05) is 41.7 Å². The highest BCUT2D eigenvalue weighted by atomic mass is 32.1. The fourth-order valence-electron chi connectivity index (χ4n) is 3.27. The molecular weight excluding hydrogens is 414 g/mol. The van der Waals surface area contributed by atoms with Crippen LogP contribution in [0.4, 0.5) is 5.13 Å². The lowest BCUT2D eigenvalue weighted by molar-refractivity contribution is -0.118. The molecule has 8 heteroatoms. The molecule has 1 amide bonds. The van der Waals surface area contributed by atoms with Crippen molar-refractivity contribution in [3.8, 4) is 27.8 Å². The zero-order valence-corrected chi connectivity index (χ0v) is 19.2. The van der Waals surface area contributed by atoms with Crippen LogP contribution in [0.5, 0.6) is 17.2 Å². The minimum absolute atomic E-state index is 0.0199. The van der Waals surface area contributed by atoms with Gasteiger partial charge in [-0.05, 0) is 38.0 Å². The van der Waals surface area contributed by atoms with E-state index in [0.29, 0.717) is 40.2 Å². The monoisotopic (exact) mass is 441 g/mol. The number of rotatable bonds is 9. The summed E-state index contributed by atoms with van der Waals surface area (Å²) < 4.78 is 16.2. The van der Waals surface area contributed by atoms with Crippen molar-refractivity contribution in [2.75, 3.05) is 26.2 Å². The number of benzene rings is 2. The Balaban J connectivity index is 1.85. The molecule has 0 atom stereocenters. The summed E-state index contributed by atoms with van der Waals surface area (Å²) in [5, 5.41) is 9.85. The summed E-state index contributed by atoms with van der Waals surface area (Å²) >= 11 is 1.36. The molecule has 0 bridgehead atoms. The van der Waals surface area contributed by atoms with Gasteiger partial charge in [0.15, 0.2) is 11.5 Å². The van der Waals surface area contributed by atoms with E-state index in [1.807, 2.05) is 56.3 Å². The minimum atomic E-state index is -0.0380. The molecule has 0 radical (unpaired) electrons. The first-order valence-corrected chi connectivity index (χ1v) is 10.8. The topological polar surface area (TPSA) is 73.8 Å². The van der Waals surface area contributed by atoms with Crippen molar-refractivity contribution in [2.24, 2.45) is 0 Å². The molecular formula is C23H27N3O4S. The Hall–Kier alpha value is -3.13. The van der Waals surface area contributed by atoms with E-state index in [4.69, 9.17) is 14.2 Å². The van der Waals surface area contributed by atoms with E-state index in [1.165, 1.54) is 11.3 Å². The molecule has 0 fully saturated rings. The van der Waals surface area contributed by atoms with Crippen molar-refractivity contribution in [1.82, 2.24) is 10.2 Å². The van der Waals surface area contributed by atoms with Crippen LogP contribution in [0.1, 0.15) is 25.8 Å². The lowest BCUT2D eigenvalue weighted by atomic mass is 10.1. The summed E-state index contributed by atoms with van der Waals surface area (Å²) in [4.78, 5) is 14.7. The Morgan fingerprint density at radius 3 is 2.19 bits per heavy atom. The van der Waals surface area contributed by atoms with Crippen LogP contribution in [-0.4, -0.2) is 43.5 Å². The average molecular weight is 442 g/mol. The van der Waals surface area contributed by atoms with Crippen molar-refractivity contribution in [3.63, 3.8) is 0 Å². The fourth-order valence-corrected chi connectivity index (χ4v) is 4.25. The fraction of sp³-hybridized carbons (Fsp3) is 0.348. The van der Waals surface area contributed by atoms with Gasteiger partial charge < -0.3 is 14.2 Å². The highest BCUT2D eigenvalue weighted by Gasteiger charge is 2.24. The van der Waals surface area contributed by atoms with Crippen LogP contribution in [0.2, 0.25) is 0 Å². The second-order valence-corrected chi connectivity index (χ2v) is 8.10. The van der Waals surface area contributed by atoms with Crippen molar-refractivity contribution in [1.29, 1.82) is 0 Å². The second-order valence-electron chi connectivity index (χ2n) is 7.15. The highest BCUT2D eigenvalue weighted by Crippen LogP contribution is 2.42. The first-order chi connectivity index (χ1) is 15.0. The van der Waals surface area contributed by atoms with E-state index in [1.54, 1.807) is 26.2 Å². The number of ether oxygens (including phenoxy) is 3. The first kappa shape index (κ1) is 22.6. The number of methoxy groups -OCH3 is 3. The highest BCUT2D eigenvalue weighted by molar-refractivity contribution is 7.18. The maximum Gasteiger partial charge on any atom is 0.229 e. The summed E-state index contributed by atoms with van der Waals surface area (Å²) in [7, 11) is 4.70. The predicted octanol–water partition coefficient (Wildman–Crippen LogP) is 4.61. The third-order valence-electron chi connectivity index (χ3n) is 4.79. The molecule has 1 heterocycles. The number of aryl methyl sites for hydroxylation is 1. The molecule has 3 rings (SSSR count). The molecule has 3 aromatic rings. The summed E-state index contributed by atoms with van der Waals surface area (Å²) in [5.41, 5.74) is 1.91. The van der Waals surface area contributed by atoms with Crippen molar-refractivity contribution < 1.29 is 19.0 Å². The van der Waals surface area contributed by atoms with E-state index in [-0.39, 0.29) is 11.9 Å². The molecule has 1 aromatic heterocycles. The van der Waals surface area contributed by atoms with Gasteiger partial charge in [0, 0.05) is 18.0 Å². The number of nitrogens with zero attached hydrogens (tertiary/aromatic N) is 3. The van der Waals surface area contributed by atoms with Gasteiger partial charge >= 0.3 is 0 Å². The zero-order valence-electron chi connectivity index (χ0n) is 18.4. The maximum atomic E-state index is 13.0. The number of hydrogen-bond acceptors (Lipinski definition) is 7. The number of carbonyl (C=O) groups excluding carboxylic acids is 1. The lowest BCUT2D eigenvalue weighted by Gasteiger charge is -2.23. The van der Waals surface area contributed by atoms with Crippen molar-refractivity contribution in [3.05, 3.63) is 48.0 Å². The molecule has 0 saturated carbocycles. The molecule has 0 aliphatic carbocycles. The molecule has 0 aliphatic heterocycles. The molecule has 0 aliphatic rings. The predicted molar refractivity (Wildman–Crippen MR) is 122 cm³/mol. The lowest BCUT2D eigenvalue weighted by Crippen LogP contribution is -2.37. The molecule has 164 valence electrons. The van der Waals surface area contributed by atoms with Crippen molar-refractivity contribution in [2.45, 2.75) is 32.7 Å².